The number of H-pyrrole nitrogens is 1. The molecule has 0 atom stereocenters. The van der Waals surface area contributed by atoms with E-state index in [2.05, 4.69) is 41.2 Å². The fourth-order valence-electron chi connectivity index (χ4n) is 2.50. The van der Waals surface area contributed by atoms with E-state index in [1.807, 2.05) is 30.3 Å². The SMILES string of the molecule is Cc1ccc2nc(-c3ccc(-c4ccco4)cc3)[nH]c2c1. The molecule has 0 fully saturated rings. The Balaban J connectivity index is 1.74. The summed E-state index contributed by atoms with van der Waals surface area (Å²) >= 11 is 0. The van der Waals surface area contributed by atoms with Gasteiger partial charge in [-0.05, 0) is 36.8 Å². The molecule has 0 aliphatic carbocycles. The highest BCUT2D eigenvalue weighted by Gasteiger charge is 2.06. The molecule has 1 N–H and O–H groups in total. The van der Waals surface area contributed by atoms with Crippen LogP contribution in [0.2, 0.25) is 0 Å². The molecule has 0 bridgehead atoms. The number of rotatable bonds is 2. The highest BCUT2D eigenvalue weighted by molar-refractivity contribution is 5.80. The lowest BCUT2D eigenvalue weighted by atomic mass is 10.1. The van der Waals surface area contributed by atoms with E-state index >= 15 is 0 Å². The molecule has 0 amide bonds. The molecule has 2 heterocycles. The van der Waals surface area contributed by atoms with Crippen LogP contribution < -0.4 is 0 Å². The summed E-state index contributed by atoms with van der Waals surface area (Å²) < 4.78 is 5.40. The number of imidazole rings is 1. The van der Waals surface area contributed by atoms with Crippen molar-refractivity contribution in [2.45, 2.75) is 6.92 Å². The molecule has 4 aromatic rings. The number of hydrogen-bond donors (Lipinski definition) is 1. The Morgan fingerprint density at radius 1 is 0.952 bits per heavy atom. The Kier molecular flexibility index (Phi) is 2.64. The molecule has 0 spiro atoms. The molecule has 0 aliphatic heterocycles. The van der Waals surface area contributed by atoms with E-state index in [0.717, 1.165) is 33.7 Å². The molecular weight excluding hydrogens is 260 g/mol. The molecule has 102 valence electrons. The quantitative estimate of drug-likeness (QED) is 0.570. The van der Waals surface area contributed by atoms with Gasteiger partial charge in [-0.3, -0.25) is 0 Å². The number of fused-ring (bicyclic) bond motifs is 1. The second-order valence-electron chi connectivity index (χ2n) is 5.16. The van der Waals surface area contributed by atoms with Crippen molar-refractivity contribution in [2.24, 2.45) is 0 Å². The van der Waals surface area contributed by atoms with Gasteiger partial charge < -0.3 is 9.40 Å². The van der Waals surface area contributed by atoms with Crippen LogP contribution in [0.1, 0.15) is 5.56 Å². The van der Waals surface area contributed by atoms with Gasteiger partial charge in [0.1, 0.15) is 11.6 Å². The van der Waals surface area contributed by atoms with E-state index < -0.39 is 0 Å². The summed E-state index contributed by atoms with van der Waals surface area (Å²) in [6.07, 6.45) is 1.69. The smallest absolute Gasteiger partial charge is 0.138 e. The van der Waals surface area contributed by atoms with Gasteiger partial charge in [0.25, 0.3) is 0 Å². The lowest BCUT2D eigenvalue weighted by Gasteiger charge is -1.99. The normalized spacial score (nSPS) is 11.1. The Bertz CT molecular complexity index is 887. The minimum absolute atomic E-state index is 0.877. The van der Waals surface area contributed by atoms with Crippen molar-refractivity contribution < 1.29 is 4.42 Å². The summed E-state index contributed by atoms with van der Waals surface area (Å²) in [5.41, 5.74) is 5.42. The first-order valence-corrected chi connectivity index (χ1v) is 6.90. The topological polar surface area (TPSA) is 41.8 Å². The van der Waals surface area contributed by atoms with Gasteiger partial charge in [-0.15, -0.1) is 0 Å². The Labute approximate surface area is 122 Å². The molecule has 0 saturated heterocycles. The molecular formula is C18H14N2O. The number of nitrogens with zero attached hydrogens (tertiary/aromatic N) is 1. The third kappa shape index (κ3) is 2.13. The van der Waals surface area contributed by atoms with E-state index in [1.165, 1.54) is 5.56 Å². The van der Waals surface area contributed by atoms with Gasteiger partial charge in [0, 0.05) is 11.1 Å². The third-order valence-electron chi connectivity index (χ3n) is 3.60. The van der Waals surface area contributed by atoms with Gasteiger partial charge in [-0.2, -0.15) is 0 Å². The fourth-order valence-corrected chi connectivity index (χ4v) is 2.50. The van der Waals surface area contributed by atoms with Crippen LogP contribution in [0.4, 0.5) is 0 Å². The van der Waals surface area contributed by atoms with Crippen LogP contribution in [0.25, 0.3) is 33.7 Å². The second-order valence-corrected chi connectivity index (χ2v) is 5.16. The summed E-state index contributed by atoms with van der Waals surface area (Å²) in [6.45, 7) is 2.08. The van der Waals surface area contributed by atoms with E-state index in [9.17, 15) is 0 Å². The molecule has 0 aliphatic rings. The van der Waals surface area contributed by atoms with Crippen molar-refractivity contribution in [1.82, 2.24) is 9.97 Å². The maximum atomic E-state index is 5.40. The predicted octanol–water partition coefficient (Wildman–Crippen LogP) is 4.80. The van der Waals surface area contributed by atoms with Crippen molar-refractivity contribution in [1.29, 1.82) is 0 Å². The van der Waals surface area contributed by atoms with Crippen molar-refractivity contribution in [3.8, 4) is 22.7 Å². The molecule has 0 saturated carbocycles. The summed E-state index contributed by atoms with van der Waals surface area (Å²) in [5, 5.41) is 0. The largest absolute Gasteiger partial charge is 0.464 e. The van der Waals surface area contributed by atoms with Crippen LogP contribution in [0, 0.1) is 6.92 Å². The van der Waals surface area contributed by atoms with Gasteiger partial charge >= 0.3 is 0 Å². The van der Waals surface area contributed by atoms with Gasteiger partial charge in [0.05, 0.1) is 17.3 Å². The summed E-state index contributed by atoms with van der Waals surface area (Å²) in [6, 6.07) is 18.3. The van der Waals surface area contributed by atoms with Crippen LogP contribution in [0.5, 0.6) is 0 Å². The Hall–Kier alpha value is -2.81. The molecule has 0 unspecified atom stereocenters. The highest BCUT2D eigenvalue weighted by Crippen LogP contribution is 2.25. The maximum Gasteiger partial charge on any atom is 0.138 e. The first-order chi connectivity index (χ1) is 10.3. The van der Waals surface area contributed by atoms with Crippen molar-refractivity contribution in [2.75, 3.05) is 0 Å². The minimum Gasteiger partial charge on any atom is -0.464 e. The van der Waals surface area contributed by atoms with E-state index in [1.54, 1.807) is 6.26 Å². The summed E-state index contributed by atoms with van der Waals surface area (Å²) in [4.78, 5) is 8.01. The van der Waals surface area contributed by atoms with Gasteiger partial charge in [-0.25, -0.2) is 4.98 Å². The Morgan fingerprint density at radius 3 is 2.52 bits per heavy atom. The van der Waals surface area contributed by atoms with Crippen LogP contribution in [0.3, 0.4) is 0 Å². The Morgan fingerprint density at radius 2 is 1.76 bits per heavy atom. The average Bonchev–Trinajstić information content (AvgIpc) is 3.16. The first-order valence-electron chi connectivity index (χ1n) is 6.90. The fraction of sp³-hybridized carbons (Fsp3) is 0.0556. The van der Waals surface area contributed by atoms with Crippen LogP contribution in [0.15, 0.2) is 65.3 Å². The molecule has 3 heteroatoms. The summed E-state index contributed by atoms with van der Waals surface area (Å²) in [7, 11) is 0. The molecule has 4 rings (SSSR count). The van der Waals surface area contributed by atoms with Gasteiger partial charge in [-0.1, -0.05) is 30.3 Å². The number of aromatic nitrogens is 2. The molecule has 3 nitrogen and oxygen atoms in total. The highest BCUT2D eigenvalue weighted by atomic mass is 16.3. The number of hydrogen-bond acceptors (Lipinski definition) is 2. The monoisotopic (exact) mass is 274 g/mol. The van der Waals surface area contributed by atoms with Crippen molar-refractivity contribution in [3.05, 3.63) is 66.4 Å². The lowest BCUT2D eigenvalue weighted by molar-refractivity contribution is 0.582. The van der Waals surface area contributed by atoms with Crippen LogP contribution in [-0.2, 0) is 0 Å². The lowest BCUT2D eigenvalue weighted by Crippen LogP contribution is -1.80. The molecule has 0 radical (unpaired) electrons. The second kappa shape index (κ2) is 4.63. The maximum absolute atomic E-state index is 5.40. The minimum atomic E-state index is 0.877. The average molecular weight is 274 g/mol. The van der Waals surface area contributed by atoms with E-state index in [-0.39, 0.29) is 0 Å². The number of benzene rings is 2. The third-order valence-corrected chi connectivity index (χ3v) is 3.60. The zero-order valence-electron chi connectivity index (χ0n) is 11.6. The zero-order valence-corrected chi connectivity index (χ0v) is 11.6. The number of aromatic amines is 1. The molecule has 2 aromatic carbocycles. The van der Waals surface area contributed by atoms with Crippen molar-refractivity contribution >= 4 is 11.0 Å². The summed E-state index contributed by atoms with van der Waals surface area (Å²) in [5.74, 6) is 1.77. The first kappa shape index (κ1) is 12.0. The molecule has 2 aromatic heterocycles. The number of furan rings is 1. The van der Waals surface area contributed by atoms with Gasteiger partial charge in [0.15, 0.2) is 0 Å². The van der Waals surface area contributed by atoms with E-state index in [4.69, 9.17) is 4.42 Å². The van der Waals surface area contributed by atoms with Crippen LogP contribution >= 0.6 is 0 Å². The molecule has 21 heavy (non-hydrogen) atoms. The zero-order chi connectivity index (χ0) is 14.2. The van der Waals surface area contributed by atoms with Crippen LogP contribution in [-0.4, -0.2) is 9.97 Å². The number of aryl methyl sites for hydroxylation is 1. The standard InChI is InChI=1S/C18H14N2O/c1-12-4-9-15-16(11-12)20-18(19-15)14-7-5-13(6-8-14)17-3-2-10-21-17/h2-11H,1H3,(H,19,20). The van der Waals surface area contributed by atoms with E-state index in [0.29, 0.717) is 0 Å². The number of nitrogens with one attached hydrogen (secondary N) is 1. The van der Waals surface area contributed by atoms with Gasteiger partial charge in [0.2, 0.25) is 0 Å². The van der Waals surface area contributed by atoms with Crippen molar-refractivity contribution in [3.63, 3.8) is 0 Å². The predicted molar refractivity (Wildman–Crippen MR) is 84.0 cm³/mol.